The molecule has 0 aromatic heterocycles. The van der Waals surface area contributed by atoms with E-state index in [1.165, 1.54) is 0 Å². The van der Waals surface area contributed by atoms with Gasteiger partial charge in [0.05, 0.1) is 26.4 Å². The van der Waals surface area contributed by atoms with Crippen LogP contribution in [0.15, 0.2) is 60.7 Å². The largest absolute Gasteiger partial charge is 0.374 e. The molecule has 0 saturated heterocycles. The molecule has 0 aliphatic carbocycles. The second-order valence-electron chi connectivity index (χ2n) is 6.37. The zero-order chi connectivity index (χ0) is 20.4. The summed E-state index contributed by atoms with van der Waals surface area (Å²) in [5, 5.41) is 0. The smallest absolute Gasteiger partial charge is 0.168 e. The van der Waals surface area contributed by atoms with E-state index in [2.05, 4.69) is 0 Å². The Balaban J connectivity index is 1.71. The number of rotatable bonds is 12. The summed E-state index contributed by atoms with van der Waals surface area (Å²) >= 11 is 0. The van der Waals surface area contributed by atoms with Gasteiger partial charge in [0.25, 0.3) is 0 Å². The lowest BCUT2D eigenvalue weighted by Gasteiger charge is -2.22. The van der Waals surface area contributed by atoms with Gasteiger partial charge < -0.3 is 9.47 Å². The summed E-state index contributed by atoms with van der Waals surface area (Å²) in [6, 6.07) is 17.4. The number of hydrogen-bond donors (Lipinski definition) is 0. The van der Waals surface area contributed by atoms with Crippen molar-refractivity contribution in [3.05, 3.63) is 71.8 Å². The summed E-state index contributed by atoms with van der Waals surface area (Å²) in [6.07, 6.45) is -13.4. The van der Waals surface area contributed by atoms with Crippen molar-refractivity contribution < 1.29 is 31.4 Å². The van der Waals surface area contributed by atoms with E-state index in [0.29, 0.717) is 0 Å². The van der Waals surface area contributed by atoms with Crippen molar-refractivity contribution >= 4 is 0 Å². The van der Waals surface area contributed by atoms with Gasteiger partial charge in [-0.1, -0.05) is 60.7 Å². The first-order valence-corrected chi connectivity index (χ1v) is 8.92. The van der Waals surface area contributed by atoms with Gasteiger partial charge in [-0.05, 0) is 11.1 Å². The molecular formula is C21H23F5O2. The first-order chi connectivity index (χ1) is 13.5. The molecule has 4 atom stereocenters. The van der Waals surface area contributed by atoms with Crippen molar-refractivity contribution in [2.75, 3.05) is 13.2 Å². The fourth-order valence-corrected chi connectivity index (χ4v) is 2.49. The topological polar surface area (TPSA) is 18.5 Å². The van der Waals surface area contributed by atoms with E-state index >= 15 is 0 Å². The van der Waals surface area contributed by atoms with E-state index in [1.807, 2.05) is 0 Å². The number of alkyl halides is 5. The Morgan fingerprint density at radius 1 is 0.536 bits per heavy atom. The van der Waals surface area contributed by atoms with Crippen LogP contribution in [0.4, 0.5) is 22.0 Å². The van der Waals surface area contributed by atoms with Crippen LogP contribution in [0.5, 0.6) is 0 Å². The highest BCUT2D eigenvalue weighted by Crippen LogP contribution is 2.22. The lowest BCUT2D eigenvalue weighted by Crippen LogP contribution is -2.42. The molecule has 2 aromatic carbocycles. The highest BCUT2D eigenvalue weighted by atomic mass is 19.2. The van der Waals surface area contributed by atoms with Crippen LogP contribution < -0.4 is 0 Å². The fourth-order valence-electron chi connectivity index (χ4n) is 2.49. The van der Waals surface area contributed by atoms with E-state index in [1.54, 1.807) is 60.7 Å². The third-order valence-electron chi connectivity index (χ3n) is 4.08. The third kappa shape index (κ3) is 7.20. The minimum absolute atomic E-state index is 0.00302. The summed E-state index contributed by atoms with van der Waals surface area (Å²) in [4.78, 5) is 0. The highest BCUT2D eigenvalue weighted by molar-refractivity contribution is 5.14. The van der Waals surface area contributed by atoms with Crippen LogP contribution in [-0.4, -0.2) is 44.1 Å². The molecule has 0 heterocycles. The molecule has 0 radical (unpaired) electrons. The first-order valence-electron chi connectivity index (χ1n) is 8.92. The van der Waals surface area contributed by atoms with Gasteiger partial charge in [0.2, 0.25) is 0 Å². The Labute approximate surface area is 161 Å². The van der Waals surface area contributed by atoms with Gasteiger partial charge in [-0.3, -0.25) is 0 Å². The number of benzene rings is 2. The van der Waals surface area contributed by atoms with E-state index in [4.69, 9.17) is 9.47 Å². The average molecular weight is 402 g/mol. The predicted molar refractivity (Wildman–Crippen MR) is 96.7 cm³/mol. The van der Waals surface area contributed by atoms with E-state index < -0.39 is 44.1 Å². The first kappa shape index (κ1) is 22.3. The van der Waals surface area contributed by atoms with Crippen LogP contribution in [0, 0.1) is 0 Å². The molecule has 0 saturated carbocycles. The average Bonchev–Trinajstić information content (AvgIpc) is 2.73. The van der Waals surface area contributed by atoms with Gasteiger partial charge >= 0.3 is 0 Å². The standard InChI is InChI=1S/C21H23F5O2/c22-17(13-27-11-15-7-3-1-4-8-15)19(24)21(26)20(25)18(23)14-28-12-16-9-5-2-6-10-16/h1-10,17-21H,11-14H2/t17-,18-,19+,20+/m0/s1. The molecule has 154 valence electrons. The molecule has 0 spiro atoms. The molecular weight excluding hydrogens is 379 g/mol. The molecule has 0 fully saturated rings. The van der Waals surface area contributed by atoms with E-state index in [9.17, 15) is 22.0 Å². The van der Waals surface area contributed by atoms with Gasteiger partial charge in [0.15, 0.2) is 30.9 Å². The highest BCUT2D eigenvalue weighted by Gasteiger charge is 2.40. The van der Waals surface area contributed by atoms with Gasteiger partial charge in [0, 0.05) is 0 Å². The Bertz CT molecular complexity index is 601. The summed E-state index contributed by atoms with van der Waals surface area (Å²) in [5.41, 5.74) is 1.45. The Morgan fingerprint density at radius 3 is 1.25 bits per heavy atom. The van der Waals surface area contributed by atoms with Crippen LogP contribution in [-0.2, 0) is 22.7 Å². The third-order valence-corrected chi connectivity index (χ3v) is 4.08. The Morgan fingerprint density at radius 2 is 0.893 bits per heavy atom. The molecule has 0 unspecified atom stereocenters. The second-order valence-corrected chi connectivity index (χ2v) is 6.37. The van der Waals surface area contributed by atoms with Crippen molar-refractivity contribution in [3.8, 4) is 0 Å². The Hall–Kier alpha value is -1.99. The number of ether oxygens (including phenoxy) is 2. The summed E-state index contributed by atoms with van der Waals surface area (Å²) in [7, 11) is 0. The van der Waals surface area contributed by atoms with Crippen LogP contribution in [0.1, 0.15) is 11.1 Å². The van der Waals surface area contributed by atoms with Crippen LogP contribution >= 0.6 is 0 Å². The van der Waals surface area contributed by atoms with Gasteiger partial charge in [-0.2, -0.15) is 0 Å². The van der Waals surface area contributed by atoms with E-state index in [0.717, 1.165) is 11.1 Å². The lowest BCUT2D eigenvalue weighted by atomic mass is 10.0. The lowest BCUT2D eigenvalue weighted by molar-refractivity contribution is -0.0451. The molecule has 2 rings (SSSR count). The molecule has 0 amide bonds. The molecule has 2 nitrogen and oxygen atoms in total. The van der Waals surface area contributed by atoms with Crippen LogP contribution in [0.3, 0.4) is 0 Å². The Kier molecular flexibility index (Phi) is 9.37. The van der Waals surface area contributed by atoms with Crippen molar-refractivity contribution in [1.29, 1.82) is 0 Å². The zero-order valence-electron chi connectivity index (χ0n) is 15.2. The summed E-state index contributed by atoms with van der Waals surface area (Å²) in [5.74, 6) is 0. The van der Waals surface area contributed by atoms with Crippen molar-refractivity contribution in [3.63, 3.8) is 0 Å². The minimum atomic E-state index is -2.95. The maximum Gasteiger partial charge on any atom is 0.168 e. The number of hydrogen-bond acceptors (Lipinski definition) is 2. The van der Waals surface area contributed by atoms with Crippen molar-refractivity contribution in [2.24, 2.45) is 0 Å². The zero-order valence-corrected chi connectivity index (χ0v) is 15.2. The molecule has 0 aliphatic rings. The molecule has 28 heavy (non-hydrogen) atoms. The fraction of sp³-hybridized carbons (Fsp3) is 0.429. The van der Waals surface area contributed by atoms with Gasteiger partial charge in [-0.25, -0.2) is 22.0 Å². The monoisotopic (exact) mass is 402 g/mol. The minimum Gasteiger partial charge on any atom is -0.374 e. The number of halogens is 5. The van der Waals surface area contributed by atoms with Crippen LogP contribution in [0.25, 0.3) is 0 Å². The van der Waals surface area contributed by atoms with Crippen LogP contribution in [0.2, 0.25) is 0 Å². The molecule has 0 bridgehead atoms. The van der Waals surface area contributed by atoms with Crippen molar-refractivity contribution in [2.45, 2.75) is 44.1 Å². The van der Waals surface area contributed by atoms with Gasteiger partial charge in [-0.15, -0.1) is 0 Å². The summed E-state index contributed by atoms with van der Waals surface area (Å²) < 4.78 is 79.1. The van der Waals surface area contributed by atoms with E-state index in [-0.39, 0.29) is 13.2 Å². The molecule has 7 heteroatoms. The van der Waals surface area contributed by atoms with Crippen molar-refractivity contribution in [1.82, 2.24) is 0 Å². The summed E-state index contributed by atoms with van der Waals surface area (Å²) in [6.45, 7) is -1.51. The quantitative estimate of drug-likeness (QED) is 0.460. The normalized spacial score (nSPS) is 15.9. The second kappa shape index (κ2) is 11.8. The molecule has 0 aliphatic heterocycles. The SMILES string of the molecule is FC([C@H](F)[C@@H](F)COCc1ccccc1)[C@H](F)[C@@H](F)COCc1ccccc1. The maximum atomic E-state index is 13.9. The molecule has 2 aromatic rings. The maximum absolute atomic E-state index is 13.9. The molecule has 0 N–H and O–H groups in total. The predicted octanol–water partition coefficient (Wildman–Crippen LogP) is 5.11. The van der Waals surface area contributed by atoms with Gasteiger partial charge in [0.1, 0.15) is 0 Å².